The summed E-state index contributed by atoms with van der Waals surface area (Å²) in [7, 11) is 0. The minimum absolute atomic E-state index is 0.0909. The van der Waals surface area contributed by atoms with Gasteiger partial charge in [-0.3, -0.25) is 9.59 Å². The van der Waals surface area contributed by atoms with E-state index in [1.54, 1.807) is 30.3 Å². The van der Waals surface area contributed by atoms with Crippen LogP contribution in [0.3, 0.4) is 0 Å². The molecule has 0 bridgehead atoms. The number of halogens is 3. The van der Waals surface area contributed by atoms with E-state index in [4.69, 9.17) is 39.9 Å². The van der Waals surface area contributed by atoms with Gasteiger partial charge in [0.15, 0.2) is 0 Å². The Morgan fingerprint density at radius 3 is 2.20 bits per heavy atom. The number of aliphatic carboxylic acids is 1. The summed E-state index contributed by atoms with van der Waals surface area (Å²) in [5, 5.41) is 13.2. The summed E-state index contributed by atoms with van der Waals surface area (Å²) in [5.41, 5.74) is 1.60. The second-order valence-electron chi connectivity index (χ2n) is 5.62. The lowest BCUT2D eigenvalue weighted by molar-refractivity contribution is -0.137. The zero-order chi connectivity index (χ0) is 18.4. The fourth-order valence-electron chi connectivity index (χ4n) is 2.40. The minimum atomic E-state index is -0.978. The average molecular weight is 401 g/mol. The van der Waals surface area contributed by atoms with E-state index in [1.165, 1.54) is 0 Å². The molecule has 1 amide bonds. The number of hydrogen-bond acceptors (Lipinski definition) is 2. The maximum Gasteiger partial charge on any atom is 0.305 e. The highest BCUT2D eigenvalue weighted by atomic mass is 35.5. The van der Waals surface area contributed by atoms with E-state index in [-0.39, 0.29) is 18.7 Å². The molecule has 0 saturated heterocycles. The summed E-state index contributed by atoms with van der Waals surface area (Å²) in [6, 6.07) is 11.5. The van der Waals surface area contributed by atoms with Gasteiger partial charge in [0.25, 0.3) is 0 Å². The molecule has 1 atom stereocenters. The third-order valence-electron chi connectivity index (χ3n) is 3.53. The summed E-state index contributed by atoms with van der Waals surface area (Å²) in [6.45, 7) is 0. The van der Waals surface area contributed by atoms with Crippen LogP contribution in [0.15, 0.2) is 42.5 Å². The van der Waals surface area contributed by atoms with Crippen LogP contribution >= 0.6 is 34.8 Å². The van der Waals surface area contributed by atoms with Gasteiger partial charge in [0.05, 0.1) is 22.9 Å². The average Bonchev–Trinajstić information content (AvgIpc) is 2.52. The van der Waals surface area contributed by atoms with Crippen molar-refractivity contribution in [3.8, 4) is 0 Å². The van der Waals surface area contributed by atoms with Crippen LogP contribution in [-0.4, -0.2) is 23.0 Å². The van der Waals surface area contributed by atoms with Crippen LogP contribution in [0, 0.1) is 0 Å². The maximum atomic E-state index is 12.2. The molecule has 4 nitrogen and oxygen atoms in total. The van der Waals surface area contributed by atoms with E-state index in [1.807, 2.05) is 12.1 Å². The first-order chi connectivity index (χ1) is 11.8. The smallest absolute Gasteiger partial charge is 0.305 e. The predicted octanol–water partition coefficient (Wildman–Crippen LogP) is 4.39. The standard InChI is InChI=1S/C18H16Cl3NO3/c19-13-4-1-11(2-5-13)7-14(10-18(24)25)22-17(23)9-12-3-6-15(20)16(21)8-12/h1-6,8,14H,7,9-10H2,(H,22,23)(H,24,25). The Balaban J connectivity index is 2.02. The summed E-state index contributed by atoms with van der Waals surface area (Å²) in [4.78, 5) is 23.3. The Hall–Kier alpha value is -1.75. The van der Waals surface area contributed by atoms with E-state index >= 15 is 0 Å². The van der Waals surface area contributed by atoms with Crippen molar-refractivity contribution in [3.05, 3.63) is 68.7 Å². The van der Waals surface area contributed by atoms with Gasteiger partial charge in [-0.05, 0) is 41.8 Å². The van der Waals surface area contributed by atoms with Crippen LogP contribution < -0.4 is 5.32 Å². The summed E-state index contributed by atoms with van der Waals surface area (Å²) < 4.78 is 0. The van der Waals surface area contributed by atoms with Crippen molar-refractivity contribution in [1.82, 2.24) is 5.32 Å². The Morgan fingerprint density at radius 2 is 1.60 bits per heavy atom. The number of carboxylic acid groups (broad SMARTS) is 1. The SMILES string of the molecule is O=C(O)CC(Cc1ccc(Cl)cc1)NC(=O)Cc1ccc(Cl)c(Cl)c1. The molecule has 0 aromatic heterocycles. The zero-order valence-electron chi connectivity index (χ0n) is 13.1. The fourth-order valence-corrected chi connectivity index (χ4v) is 2.85. The van der Waals surface area contributed by atoms with E-state index in [0.29, 0.717) is 27.1 Å². The van der Waals surface area contributed by atoms with Crippen molar-refractivity contribution in [1.29, 1.82) is 0 Å². The Kier molecular flexibility index (Phi) is 7.12. The molecular weight excluding hydrogens is 385 g/mol. The van der Waals surface area contributed by atoms with Crippen LogP contribution in [0.25, 0.3) is 0 Å². The van der Waals surface area contributed by atoms with E-state index < -0.39 is 12.0 Å². The van der Waals surface area contributed by atoms with Crippen molar-refractivity contribution in [2.75, 3.05) is 0 Å². The normalized spacial score (nSPS) is 11.8. The van der Waals surface area contributed by atoms with Crippen molar-refractivity contribution in [2.45, 2.75) is 25.3 Å². The Morgan fingerprint density at radius 1 is 0.960 bits per heavy atom. The van der Waals surface area contributed by atoms with Crippen LogP contribution in [0.1, 0.15) is 17.5 Å². The topological polar surface area (TPSA) is 66.4 Å². The summed E-state index contributed by atoms with van der Waals surface area (Å²) in [5.74, 6) is -1.26. The van der Waals surface area contributed by atoms with Crippen molar-refractivity contribution in [2.24, 2.45) is 0 Å². The van der Waals surface area contributed by atoms with Gasteiger partial charge in [-0.25, -0.2) is 0 Å². The van der Waals surface area contributed by atoms with Crippen molar-refractivity contribution >= 4 is 46.7 Å². The second kappa shape index (κ2) is 9.09. The fraction of sp³-hybridized carbons (Fsp3) is 0.222. The van der Waals surface area contributed by atoms with E-state index in [9.17, 15) is 9.59 Å². The van der Waals surface area contributed by atoms with Gasteiger partial charge < -0.3 is 10.4 Å². The number of carbonyl (C=O) groups is 2. The van der Waals surface area contributed by atoms with Gasteiger partial charge >= 0.3 is 5.97 Å². The molecule has 25 heavy (non-hydrogen) atoms. The number of carbonyl (C=O) groups excluding carboxylic acids is 1. The first kappa shape index (κ1) is 19.6. The number of amides is 1. The van der Waals surface area contributed by atoms with Gasteiger partial charge in [-0.2, -0.15) is 0 Å². The summed E-state index contributed by atoms with van der Waals surface area (Å²) >= 11 is 17.6. The third kappa shape index (κ3) is 6.58. The molecule has 2 N–H and O–H groups in total. The highest BCUT2D eigenvalue weighted by molar-refractivity contribution is 6.42. The second-order valence-corrected chi connectivity index (χ2v) is 6.87. The first-order valence-corrected chi connectivity index (χ1v) is 8.66. The molecule has 0 saturated carbocycles. The lowest BCUT2D eigenvalue weighted by Crippen LogP contribution is -2.38. The molecule has 0 aliphatic rings. The molecule has 2 rings (SSSR count). The molecule has 2 aromatic carbocycles. The molecule has 0 heterocycles. The molecule has 0 aliphatic heterocycles. The minimum Gasteiger partial charge on any atom is -0.481 e. The van der Waals surface area contributed by atoms with Gasteiger partial charge in [0.2, 0.25) is 5.91 Å². The number of benzene rings is 2. The number of hydrogen-bond donors (Lipinski definition) is 2. The molecular formula is C18H16Cl3NO3. The summed E-state index contributed by atoms with van der Waals surface area (Å²) in [6.07, 6.45) is 0.319. The van der Waals surface area contributed by atoms with E-state index in [2.05, 4.69) is 5.32 Å². The molecule has 132 valence electrons. The molecule has 0 fully saturated rings. The quantitative estimate of drug-likeness (QED) is 0.724. The lowest BCUT2D eigenvalue weighted by atomic mass is 10.0. The van der Waals surface area contributed by atoms with Crippen LogP contribution in [0.5, 0.6) is 0 Å². The number of rotatable bonds is 7. The zero-order valence-corrected chi connectivity index (χ0v) is 15.4. The molecule has 0 radical (unpaired) electrons. The van der Waals surface area contributed by atoms with Gasteiger partial charge in [0.1, 0.15) is 0 Å². The van der Waals surface area contributed by atoms with Crippen LogP contribution in [-0.2, 0) is 22.4 Å². The Labute approximate surface area is 160 Å². The van der Waals surface area contributed by atoms with Crippen LogP contribution in [0.2, 0.25) is 15.1 Å². The number of carboxylic acids is 1. The lowest BCUT2D eigenvalue weighted by Gasteiger charge is -2.17. The third-order valence-corrected chi connectivity index (χ3v) is 4.52. The molecule has 7 heteroatoms. The molecule has 0 aliphatic carbocycles. The molecule has 2 aromatic rings. The van der Waals surface area contributed by atoms with Crippen molar-refractivity contribution < 1.29 is 14.7 Å². The number of nitrogens with one attached hydrogen (secondary N) is 1. The largest absolute Gasteiger partial charge is 0.481 e. The van der Waals surface area contributed by atoms with Crippen LogP contribution in [0.4, 0.5) is 0 Å². The highest BCUT2D eigenvalue weighted by Gasteiger charge is 2.17. The van der Waals surface area contributed by atoms with Crippen molar-refractivity contribution in [3.63, 3.8) is 0 Å². The maximum absolute atomic E-state index is 12.2. The Bertz CT molecular complexity index is 763. The monoisotopic (exact) mass is 399 g/mol. The molecule has 0 spiro atoms. The van der Waals surface area contributed by atoms with Gasteiger partial charge in [0, 0.05) is 11.1 Å². The first-order valence-electron chi connectivity index (χ1n) is 7.53. The van der Waals surface area contributed by atoms with Gasteiger partial charge in [-0.15, -0.1) is 0 Å². The molecule has 1 unspecified atom stereocenters. The highest BCUT2D eigenvalue weighted by Crippen LogP contribution is 2.22. The van der Waals surface area contributed by atoms with E-state index in [0.717, 1.165) is 5.56 Å². The van der Waals surface area contributed by atoms with Gasteiger partial charge in [-0.1, -0.05) is 53.0 Å². The predicted molar refractivity (Wildman–Crippen MR) is 99.5 cm³/mol.